The van der Waals surface area contributed by atoms with E-state index in [0.717, 1.165) is 5.92 Å². The zero-order valence-corrected chi connectivity index (χ0v) is 14.0. The molecule has 1 heteroatoms. The zero-order valence-electron chi connectivity index (χ0n) is 12.4. The Bertz CT molecular complexity index is 389. The van der Waals surface area contributed by atoms with E-state index in [0.29, 0.717) is 4.83 Å². The van der Waals surface area contributed by atoms with Gasteiger partial charge in [-0.1, -0.05) is 66.2 Å². The van der Waals surface area contributed by atoms with Gasteiger partial charge in [-0.05, 0) is 55.7 Å². The van der Waals surface area contributed by atoms with Crippen LogP contribution in [0.4, 0.5) is 0 Å². The van der Waals surface area contributed by atoms with Gasteiger partial charge in [0.05, 0.1) is 0 Å². The molecule has 1 aromatic carbocycles. The molecule has 0 aliphatic heterocycles. The largest absolute Gasteiger partial charge is 0.0884 e. The van der Waals surface area contributed by atoms with Gasteiger partial charge in [0.2, 0.25) is 0 Å². The van der Waals surface area contributed by atoms with E-state index < -0.39 is 0 Å². The van der Waals surface area contributed by atoms with Crippen molar-refractivity contribution in [3.63, 3.8) is 0 Å². The average molecular weight is 323 g/mol. The SMILES string of the molecule is Cc1ccc(CC(Br)C2CCCCCCC2)cc1C. The first-order valence-corrected chi connectivity index (χ1v) is 8.78. The molecule has 1 aromatic rings. The highest BCUT2D eigenvalue weighted by Gasteiger charge is 2.20. The molecule has 1 aliphatic carbocycles. The summed E-state index contributed by atoms with van der Waals surface area (Å²) in [7, 11) is 0. The van der Waals surface area contributed by atoms with Gasteiger partial charge in [-0.3, -0.25) is 0 Å². The quantitative estimate of drug-likeness (QED) is 0.601. The summed E-state index contributed by atoms with van der Waals surface area (Å²) in [4.78, 5) is 0.660. The smallest absolute Gasteiger partial charge is 0.0214 e. The second-order valence-electron chi connectivity index (χ2n) is 6.24. The molecule has 1 atom stereocenters. The second kappa shape index (κ2) is 7.47. The summed E-state index contributed by atoms with van der Waals surface area (Å²) in [6.07, 6.45) is 11.2. The highest BCUT2D eigenvalue weighted by molar-refractivity contribution is 9.09. The van der Waals surface area contributed by atoms with Crippen molar-refractivity contribution in [2.75, 3.05) is 0 Å². The molecular formula is C18H27Br. The number of benzene rings is 1. The normalized spacial score (nSPS) is 19.7. The molecule has 1 unspecified atom stereocenters. The van der Waals surface area contributed by atoms with Crippen molar-refractivity contribution in [2.24, 2.45) is 5.92 Å². The highest BCUT2D eigenvalue weighted by atomic mass is 79.9. The summed E-state index contributed by atoms with van der Waals surface area (Å²) in [5, 5.41) is 0. The molecule has 0 saturated heterocycles. The number of rotatable bonds is 3. The second-order valence-corrected chi connectivity index (χ2v) is 7.42. The van der Waals surface area contributed by atoms with Crippen molar-refractivity contribution in [3.05, 3.63) is 34.9 Å². The molecule has 1 saturated carbocycles. The molecule has 0 nitrogen and oxygen atoms in total. The highest BCUT2D eigenvalue weighted by Crippen LogP contribution is 2.30. The molecule has 0 spiro atoms. The van der Waals surface area contributed by atoms with E-state index >= 15 is 0 Å². The van der Waals surface area contributed by atoms with Gasteiger partial charge in [0.25, 0.3) is 0 Å². The van der Waals surface area contributed by atoms with Crippen molar-refractivity contribution in [3.8, 4) is 0 Å². The summed E-state index contributed by atoms with van der Waals surface area (Å²) in [6, 6.07) is 6.94. The number of aryl methyl sites for hydroxylation is 2. The van der Waals surface area contributed by atoms with Crippen LogP contribution in [0.2, 0.25) is 0 Å². The minimum atomic E-state index is 0.660. The molecule has 0 heterocycles. The van der Waals surface area contributed by atoms with Gasteiger partial charge in [0, 0.05) is 4.83 Å². The Balaban J connectivity index is 1.94. The van der Waals surface area contributed by atoms with Crippen LogP contribution in [0, 0.1) is 19.8 Å². The number of halogens is 1. The predicted octanol–water partition coefficient (Wildman–Crippen LogP) is 5.97. The number of hydrogen-bond donors (Lipinski definition) is 0. The van der Waals surface area contributed by atoms with Crippen LogP contribution < -0.4 is 0 Å². The van der Waals surface area contributed by atoms with Crippen molar-refractivity contribution in [1.82, 2.24) is 0 Å². The van der Waals surface area contributed by atoms with Crippen LogP contribution in [-0.4, -0.2) is 4.83 Å². The van der Waals surface area contributed by atoms with Gasteiger partial charge in [-0.2, -0.15) is 0 Å². The van der Waals surface area contributed by atoms with E-state index in [1.165, 1.54) is 68.1 Å². The van der Waals surface area contributed by atoms with Crippen LogP contribution in [0.3, 0.4) is 0 Å². The van der Waals surface area contributed by atoms with E-state index in [4.69, 9.17) is 0 Å². The summed E-state index contributed by atoms with van der Waals surface area (Å²) < 4.78 is 0. The van der Waals surface area contributed by atoms with Gasteiger partial charge in [0.15, 0.2) is 0 Å². The number of hydrogen-bond acceptors (Lipinski definition) is 0. The van der Waals surface area contributed by atoms with E-state index in [2.05, 4.69) is 48.0 Å². The maximum Gasteiger partial charge on any atom is 0.0214 e. The fraction of sp³-hybridized carbons (Fsp3) is 0.667. The molecule has 0 aromatic heterocycles. The van der Waals surface area contributed by atoms with Crippen LogP contribution in [0.1, 0.15) is 61.6 Å². The van der Waals surface area contributed by atoms with Crippen molar-refractivity contribution in [2.45, 2.75) is 70.0 Å². The zero-order chi connectivity index (χ0) is 13.7. The van der Waals surface area contributed by atoms with Crippen molar-refractivity contribution < 1.29 is 0 Å². The minimum Gasteiger partial charge on any atom is -0.0884 e. The van der Waals surface area contributed by atoms with Crippen molar-refractivity contribution in [1.29, 1.82) is 0 Å². The fourth-order valence-electron chi connectivity index (χ4n) is 3.17. The van der Waals surface area contributed by atoms with E-state index in [1.807, 2.05) is 0 Å². The van der Waals surface area contributed by atoms with E-state index in [-0.39, 0.29) is 0 Å². The summed E-state index contributed by atoms with van der Waals surface area (Å²) >= 11 is 3.98. The van der Waals surface area contributed by atoms with Crippen molar-refractivity contribution >= 4 is 15.9 Å². The van der Waals surface area contributed by atoms with E-state index in [9.17, 15) is 0 Å². The average Bonchev–Trinajstić information content (AvgIpc) is 2.33. The first kappa shape index (κ1) is 15.1. The molecular weight excluding hydrogens is 296 g/mol. The minimum absolute atomic E-state index is 0.660. The molecule has 0 N–H and O–H groups in total. The lowest BCUT2D eigenvalue weighted by Crippen LogP contribution is -2.18. The van der Waals surface area contributed by atoms with Crippen LogP contribution in [-0.2, 0) is 6.42 Å². The topological polar surface area (TPSA) is 0 Å². The molecule has 0 bridgehead atoms. The Morgan fingerprint density at radius 2 is 1.63 bits per heavy atom. The summed E-state index contributed by atoms with van der Waals surface area (Å²) in [5.74, 6) is 0.877. The lowest BCUT2D eigenvalue weighted by atomic mass is 9.86. The first-order valence-electron chi connectivity index (χ1n) is 7.87. The fourth-order valence-corrected chi connectivity index (χ4v) is 4.07. The third-order valence-corrected chi connectivity index (χ3v) is 5.73. The molecule has 106 valence electrons. The Labute approximate surface area is 127 Å². The third kappa shape index (κ3) is 4.63. The first-order chi connectivity index (χ1) is 9.16. The van der Waals surface area contributed by atoms with Gasteiger partial charge in [-0.15, -0.1) is 0 Å². The van der Waals surface area contributed by atoms with Crippen LogP contribution in [0.5, 0.6) is 0 Å². The van der Waals surface area contributed by atoms with Gasteiger partial charge in [-0.25, -0.2) is 0 Å². The lowest BCUT2D eigenvalue weighted by molar-refractivity contribution is 0.370. The predicted molar refractivity (Wildman–Crippen MR) is 88.1 cm³/mol. The number of alkyl halides is 1. The Morgan fingerprint density at radius 3 is 2.26 bits per heavy atom. The molecule has 19 heavy (non-hydrogen) atoms. The van der Waals surface area contributed by atoms with E-state index in [1.54, 1.807) is 0 Å². The molecule has 1 aliphatic rings. The van der Waals surface area contributed by atoms with Gasteiger partial charge < -0.3 is 0 Å². The molecule has 2 rings (SSSR count). The summed E-state index contributed by atoms with van der Waals surface area (Å²) in [5.41, 5.74) is 4.32. The Morgan fingerprint density at radius 1 is 1.00 bits per heavy atom. The Kier molecular flexibility index (Phi) is 5.94. The van der Waals surface area contributed by atoms with Crippen LogP contribution in [0.25, 0.3) is 0 Å². The van der Waals surface area contributed by atoms with Crippen LogP contribution >= 0.6 is 15.9 Å². The third-order valence-electron chi connectivity index (χ3n) is 4.66. The molecule has 0 radical (unpaired) electrons. The maximum atomic E-state index is 3.98. The Hall–Kier alpha value is -0.300. The van der Waals surface area contributed by atoms with Crippen LogP contribution in [0.15, 0.2) is 18.2 Å². The monoisotopic (exact) mass is 322 g/mol. The van der Waals surface area contributed by atoms with Gasteiger partial charge in [0.1, 0.15) is 0 Å². The maximum absolute atomic E-state index is 3.98. The molecule has 1 fully saturated rings. The molecule has 0 amide bonds. The van der Waals surface area contributed by atoms with Gasteiger partial charge >= 0.3 is 0 Å². The summed E-state index contributed by atoms with van der Waals surface area (Å²) in [6.45, 7) is 4.41. The lowest BCUT2D eigenvalue weighted by Gasteiger charge is -2.25. The standard InChI is InChI=1S/C18H27Br/c1-14-10-11-16(12-15(14)2)13-18(19)17-8-6-4-3-5-7-9-17/h10-12,17-18H,3-9,13H2,1-2H3.